The zero-order chi connectivity index (χ0) is 21.3. The van der Waals surface area contributed by atoms with Crippen molar-refractivity contribution in [3.63, 3.8) is 0 Å². The van der Waals surface area contributed by atoms with Gasteiger partial charge in [-0.1, -0.05) is 48.5 Å². The number of nitrogens with zero attached hydrogens (tertiary/aromatic N) is 2. The van der Waals surface area contributed by atoms with Crippen LogP contribution in [0.3, 0.4) is 0 Å². The molecule has 0 radical (unpaired) electrons. The average molecular weight is 400 g/mol. The van der Waals surface area contributed by atoms with E-state index in [4.69, 9.17) is 5.11 Å². The highest BCUT2D eigenvalue weighted by atomic mass is 16.3. The molecule has 152 valence electrons. The number of benzene rings is 3. The summed E-state index contributed by atoms with van der Waals surface area (Å²) in [6, 6.07) is 21.0. The van der Waals surface area contributed by atoms with Crippen molar-refractivity contribution >= 4 is 17.5 Å². The Morgan fingerprint density at radius 1 is 0.867 bits per heavy atom. The van der Waals surface area contributed by atoms with E-state index in [1.807, 2.05) is 73.5 Å². The minimum absolute atomic E-state index is 0.0731. The van der Waals surface area contributed by atoms with Crippen molar-refractivity contribution in [2.24, 2.45) is 0 Å². The number of fused-ring (bicyclic) bond motifs is 1. The monoisotopic (exact) mass is 400 g/mol. The molecule has 5 heteroatoms. The molecule has 0 saturated heterocycles. The Morgan fingerprint density at radius 2 is 1.60 bits per heavy atom. The number of imide groups is 1. The third kappa shape index (κ3) is 3.54. The Bertz CT molecular complexity index is 1110. The van der Waals surface area contributed by atoms with Gasteiger partial charge in [0.2, 0.25) is 0 Å². The van der Waals surface area contributed by atoms with E-state index in [9.17, 15) is 9.59 Å². The van der Waals surface area contributed by atoms with E-state index in [1.165, 1.54) is 4.90 Å². The van der Waals surface area contributed by atoms with Crippen molar-refractivity contribution in [1.82, 2.24) is 4.90 Å². The van der Waals surface area contributed by atoms with Crippen molar-refractivity contribution < 1.29 is 14.7 Å². The van der Waals surface area contributed by atoms with Gasteiger partial charge in [-0.25, -0.2) is 4.90 Å². The summed E-state index contributed by atoms with van der Waals surface area (Å²) in [5.74, 6) is -0.589. The molecule has 0 saturated carbocycles. The van der Waals surface area contributed by atoms with Crippen LogP contribution in [0.4, 0.5) is 5.69 Å². The SMILES string of the molecule is Cc1c(-c2ccccc2)cccc1N1C(=O)c2ccc(CN(C)CCO)cc2C1=O. The van der Waals surface area contributed by atoms with E-state index < -0.39 is 0 Å². The lowest BCUT2D eigenvalue weighted by Crippen LogP contribution is -2.30. The molecule has 3 aromatic rings. The molecule has 0 bridgehead atoms. The van der Waals surface area contributed by atoms with Crippen LogP contribution in [0.5, 0.6) is 0 Å². The van der Waals surface area contributed by atoms with Crippen molar-refractivity contribution in [3.8, 4) is 11.1 Å². The smallest absolute Gasteiger partial charge is 0.266 e. The topological polar surface area (TPSA) is 60.9 Å². The van der Waals surface area contributed by atoms with E-state index in [0.717, 1.165) is 22.3 Å². The summed E-state index contributed by atoms with van der Waals surface area (Å²) in [6.07, 6.45) is 0. The van der Waals surface area contributed by atoms with E-state index in [0.29, 0.717) is 29.9 Å². The number of hydrogen-bond acceptors (Lipinski definition) is 4. The summed E-state index contributed by atoms with van der Waals surface area (Å²) in [7, 11) is 1.90. The number of aliphatic hydroxyl groups excluding tert-OH is 1. The third-order valence-corrected chi connectivity index (χ3v) is 5.52. The Morgan fingerprint density at radius 3 is 2.33 bits per heavy atom. The zero-order valence-corrected chi connectivity index (χ0v) is 17.1. The van der Waals surface area contributed by atoms with Gasteiger partial charge in [-0.2, -0.15) is 0 Å². The molecule has 1 aliphatic rings. The fourth-order valence-electron chi connectivity index (χ4n) is 3.96. The molecule has 4 rings (SSSR count). The van der Waals surface area contributed by atoms with Crippen LogP contribution >= 0.6 is 0 Å². The third-order valence-electron chi connectivity index (χ3n) is 5.52. The number of rotatable bonds is 6. The lowest BCUT2D eigenvalue weighted by molar-refractivity contribution is 0.0926. The molecule has 0 spiro atoms. The first-order valence-electron chi connectivity index (χ1n) is 9.97. The molecule has 3 aromatic carbocycles. The lowest BCUT2D eigenvalue weighted by Gasteiger charge is -2.19. The molecule has 0 atom stereocenters. The highest BCUT2D eigenvalue weighted by Crippen LogP contribution is 2.35. The maximum Gasteiger partial charge on any atom is 0.266 e. The van der Waals surface area contributed by atoms with Gasteiger partial charge in [0.15, 0.2) is 0 Å². The number of aliphatic hydroxyl groups is 1. The van der Waals surface area contributed by atoms with Crippen LogP contribution in [-0.2, 0) is 6.54 Å². The minimum atomic E-state index is -0.296. The molecule has 5 nitrogen and oxygen atoms in total. The predicted octanol–water partition coefficient (Wildman–Crippen LogP) is 3.89. The van der Waals surface area contributed by atoms with Gasteiger partial charge >= 0.3 is 0 Å². The molecule has 0 fully saturated rings. The summed E-state index contributed by atoms with van der Waals surface area (Å²) >= 11 is 0. The van der Waals surface area contributed by atoms with E-state index in [-0.39, 0.29) is 18.4 Å². The van der Waals surface area contributed by atoms with Gasteiger partial charge in [-0.15, -0.1) is 0 Å². The Hall–Kier alpha value is -3.28. The van der Waals surface area contributed by atoms with Gasteiger partial charge in [0.1, 0.15) is 0 Å². The fraction of sp³-hybridized carbons (Fsp3) is 0.200. The average Bonchev–Trinajstić information content (AvgIpc) is 2.99. The van der Waals surface area contributed by atoms with E-state index in [1.54, 1.807) is 12.1 Å². The maximum absolute atomic E-state index is 13.2. The predicted molar refractivity (Wildman–Crippen MR) is 118 cm³/mol. The van der Waals surface area contributed by atoms with Crippen LogP contribution in [0.2, 0.25) is 0 Å². The zero-order valence-electron chi connectivity index (χ0n) is 17.1. The number of likely N-dealkylation sites (N-methyl/N-ethyl adjacent to an activating group) is 1. The Balaban J connectivity index is 1.70. The molecular weight excluding hydrogens is 376 g/mol. The molecule has 0 aliphatic carbocycles. The molecule has 0 unspecified atom stereocenters. The minimum Gasteiger partial charge on any atom is -0.395 e. The van der Waals surface area contributed by atoms with E-state index in [2.05, 4.69) is 0 Å². The highest BCUT2D eigenvalue weighted by molar-refractivity contribution is 6.34. The molecule has 1 aliphatic heterocycles. The number of anilines is 1. The number of carbonyl (C=O) groups excluding carboxylic acids is 2. The van der Waals surface area contributed by atoms with Crippen molar-refractivity contribution in [2.75, 3.05) is 25.1 Å². The van der Waals surface area contributed by atoms with Crippen molar-refractivity contribution in [2.45, 2.75) is 13.5 Å². The molecule has 1 heterocycles. The van der Waals surface area contributed by atoms with Gasteiger partial charge in [0, 0.05) is 13.1 Å². The van der Waals surface area contributed by atoms with Crippen molar-refractivity contribution in [3.05, 3.63) is 89.0 Å². The number of carbonyl (C=O) groups is 2. The van der Waals surface area contributed by atoms with Crippen LogP contribution in [0.15, 0.2) is 66.7 Å². The molecule has 1 N–H and O–H groups in total. The standard InChI is InChI=1S/C25H24N2O3/c1-17-20(19-7-4-3-5-8-19)9-6-10-23(17)27-24(29)21-12-11-18(15-22(21)25(27)30)16-26(2)13-14-28/h3-12,15,28H,13-14,16H2,1-2H3. The van der Waals surface area contributed by atoms with Gasteiger partial charge in [-0.05, 0) is 54.4 Å². The number of hydrogen-bond donors (Lipinski definition) is 1. The summed E-state index contributed by atoms with van der Waals surface area (Å²) < 4.78 is 0. The summed E-state index contributed by atoms with van der Waals surface area (Å²) in [5.41, 5.74) is 5.33. The first-order valence-corrected chi connectivity index (χ1v) is 9.97. The number of amides is 2. The largest absolute Gasteiger partial charge is 0.395 e. The molecule has 30 heavy (non-hydrogen) atoms. The maximum atomic E-state index is 13.2. The van der Waals surface area contributed by atoms with Crippen LogP contribution in [-0.4, -0.2) is 42.0 Å². The lowest BCUT2D eigenvalue weighted by atomic mass is 9.99. The van der Waals surface area contributed by atoms with Gasteiger partial charge in [0.25, 0.3) is 11.8 Å². The highest BCUT2D eigenvalue weighted by Gasteiger charge is 2.37. The second-order valence-electron chi connectivity index (χ2n) is 7.60. The summed E-state index contributed by atoms with van der Waals surface area (Å²) in [5, 5.41) is 9.09. The first kappa shape index (κ1) is 20.0. The van der Waals surface area contributed by atoms with Gasteiger partial charge in [-0.3, -0.25) is 14.5 Å². The molecule has 2 amide bonds. The Labute approximate surface area is 176 Å². The quantitative estimate of drug-likeness (QED) is 0.638. The Kier molecular flexibility index (Phi) is 5.48. The van der Waals surface area contributed by atoms with Crippen LogP contribution in [0.25, 0.3) is 11.1 Å². The van der Waals surface area contributed by atoms with Crippen LogP contribution < -0.4 is 4.90 Å². The summed E-state index contributed by atoms with van der Waals surface area (Å²) in [6.45, 7) is 3.15. The second kappa shape index (κ2) is 8.22. The fourth-order valence-corrected chi connectivity index (χ4v) is 3.96. The van der Waals surface area contributed by atoms with Gasteiger partial charge in [0.05, 0.1) is 23.4 Å². The molecular formula is C25H24N2O3. The van der Waals surface area contributed by atoms with Crippen LogP contribution in [0, 0.1) is 6.92 Å². The molecule has 0 aromatic heterocycles. The van der Waals surface area contributed by atoms with Gasteiger partial charge < -0.3 is 5.11 Å². The second-order valence-corrected chi connectivity index (χ2v) is 7.60. The van der Waals surface area contributed by atoms with E-state index >= 15 is 0 Å². The normalized spacial score (nSPS) is 13.3. The summed E-state index contributed by atoms with van der Waals surface area (Å²) in [4.78, 5) is 29.6. The first-order chi connectivity index (χ1) is 14.5. The van der Waals surface area contributed by atoms with Crippen LogP contribution in [0.1, 0.15) is 31.8 Å². The van der Waals surface area contributed by atoms with Crippen molar-refractivity contribution in [1.29, 1.82) is 0 Å².